The van der Waals surface area contributed by atoms with E-state index in [-0.39, 0.29) is 5.78 Å². The zero-order chi connectivity index (χ0) is 14.2. The van der Waals surface area contributed by atoms with Gasteiger partial charge < -0.3 is 9.73 Å². The normalized spacial score (nSPS) is 14.1. The fourth-order valence-electron chi connectivity index (χ4n) is 2.97. The topological polar surface area (TPSA) is 42.2 Å². The Morgan fingerprint density at radius 1 is 1.10 bits per heavy atom. The summed E-state index contributed by atoms with van der Waals surface area (Å²) in [6.45, 7) is 1.74. The Balaban J connectivity index is 1.81. The van der Waals surface area contributed by atoms with Gasteiger partial charge in [0.2, 0.25) is 5.78 Å². The van der Waals surface area contributed by atoms with E-state index in [2.05, 4.69) is 11.4 Å². The zero-order valence-electron chi connectivity index (χ0n) is 11.6. The van der Waals surface area contributed by atoms with Gasteiger partial charge in [0.25, 0.3) is 0 Å². The smallest absolute Gasteiger partial charge is 0.228 e. The second-order valence-electron chi connectivity index (χ2n) is 5.35. The summed E-state index contributed by atoms with van der Waals surface area (Å²) in [5.74, 6) is 0.396. The third-order valence-electron chi connectivity index (χ3n) is 4.03. The Hall–Kier alpha value is -2.39. The lowest BCUT2D eigenvalue weighted by atomic mass is 9.92. The van der Waals surface area contributed by atoms with Crippen molar-refractivity contribution in [1.82, 2.24) is 5.32 Å². The molecule has 2 heterocycles. The molecule has 1 aliphatic rings. The monoisotopic (exact) mass is 277 g/mol. The van der Waals surface area contributed by atoms with Crippen LogP contribution in [-0.2, 0) is 13.0 Å². The van der Waals surface area contributed by atoms with Crippen LogP contribution >= 0.6 is 0 Å². The molecule has 0 atom stereocenters. The van der Waals surface area contributed by atoms with Crippen molar-refractivity contribution < 1.29 is 9.21 Å². The number of hydrogen-bond acceptors (Lipinski definition) is 3. The molecule has 0 unspecified atom stereocenters. The molecule has 1 aliphatic heterocycles. The fourth-order valence-corrected chi connectivity index (χ4v) is 2.97. The van der Waals surface area contributed by atoms with Crippen LogP contribution in [0.25, 0.3) is 11.0 Å². The molecule has 2 aromatic carbocycles. The van der Waals surface area contributed by atoms with Crippen molar-refractivity contribution in [3.8, 4) is 0 Å². The number of rotatable bonds is 2. The van der Waals surface area contributed by atoms with E-state index in [0.717, 1.165) is 41.6 Å². The maximum atomic E-state index is 12.8. The number of furan rings is 1. The lowest BCUT2D eigenvalue weighted by molar-refractivity contribution is 0.101. The lowest BCUT2D eigenvalue weighted by Crippen LogP contribution is -2.25. The van der Waals surface area contributed by atoms with Crippen LogP contribution in [-0.4, -0.2) is 12.3 Å². The number of carbonyl (C=O) groups excluding carboxylic acids is 1. The Labute approximate surface area is 122 Å². The van der Waals surface area contributed by atoms with Crippen LogP contribution in [0.4, 0.5) is 0 Å². The minimum absolute atomic E-state index is 0.0232. The van der Waals surface area contributed by atoms with Crippen LogP contribution in [0.15, 0.2) is 52.9 Å². The lowest BCUT2D eigenvalue weighted by Gasteiger charge is -2.19. The van der Waals surface area contributed by atoms with Gasteiger partial charge in [-0.1, -0.05) is 36.4 Å². The molecule has 0 saturated carbocycles. The Morgan fingerprint density at radius 2 is 2.00 bits per heavy atom. The predicted octanol–water partition coefficient (Wildman–Crippen LogP) is 3.31. The second kappa shape index (κ2) is 4.86. The van der Waals surface area contributed by atoms with Gasteiger partial charge in [0.05, 0.1) is 0 Å². The molecule has 0 saturated heterocycles. The van der Waals surface area contributed by atoms with Crippen molar-refractivity contribution in [3.63, 3.8) is 0 Å². The number of nitrogens with one attached hydrogen (secondary N) is 1. The summed E-state index contributed by atoms with van der Waals surface area (Å²) in [4.78, 5) is 12.8. The fraction of sp³-hybridized carbons (Fsp3) is 0.167. The van der Waals surface area contributed by atoms with Crippen LogP contribution in [0, 0.1) is 0 Å². The van der Waals surface area contributed by atoms with Gasteiger partial charge in [-0.25, -0.2) is 0 Å². The Morgan fingerprint density at radius 3 is 2.90 bits per heavy atom. The van der Waals surface area contributed by atoms with Crippen molar-refractivity contribution in [2.24, 2.45) is 0 Å². The highest BCUT2D eigenvalue weighted by molar-refractivity contribution is 6.10. The quantitative estimate of drug-likeness (QED) is 0.731. The summed E-state index contributed by atoms with van der Waals surface area (Å²) in [6.07, 6.45) is 0.886. The predicted molar refractivity (Wildman–Crippen MR) is 81.5 cm³/mol. The highest BCUT2D eigenvalue weighted by Gasteiger charge is 2.21. The number of fused-ring (bicyclic) bond motifs is 2. The summed E-state index contributed by atoms with van der Waals surface area (Å²) >= 11 is 0. The molecule has 0 spiro atoms. The second-order valence-corrected chi connectivity index (χ2v) is 5.35. The summed E-state index contributed by atoms with van der Waals surface area (Å²) in [5, 5.41) is 4.30. The van der Waals surface area contributed by atoms with Crippen LogP contribution < -0.4 is 5.32 Å². The molecule has 1 N–H and O–H groups in total. The molecule has 3 nitrogen and oxygen atoms in total. The Kier molecular flexibility index (Phi) is 2.86. The third-order valence-corrected chi connectivity index (χ3v) is 4.03. The van der Waals surface area contributed by atoms with Crippen molar-refractivity contribution >= 4 is 16.8 Å². The van der Waals surface area contributed by atoms with Crippen molar-refractivity contribution in [2.75, 3.05) is 6.54 Å². The number of carbonyl (C=O) groups is 1. The maximum absolute atomic E-state index is 12.8. The van der Waals surface area contributed by atoms with Gasteiger partial charge in [-0.3, -0.25) is 4.79 Å². The molecule has 0 radical (unpaired) electrons. The van der Waals surface area contributed by atoms with E-state index in [1.54, 1.807) is 0 Å². The Bertz CT molecular complexity index is 799. The van der Waals surface area contributed by atoms with E-state index in [1.165, 1.54) is 5.56 Å². The SMILES string of the molecule is O=C(c1cc2ccccc2o1)c1cccc2c1CCNC2. The first kappa shape index (κ1) is 12.4. The molecule has 21 heavy (non-hydrogen) atoms. The standard InChI is InChI=1S/C18H15NO2/c20-18(17-10-12-4-1-2-7-16(12)21-17)15-6-3-5-13-11-19-9-8-14(13)15/h1-7,10,19H,8-9,11H2. The van der Waals surface area contributed by atoms with Gasteiger partial charge in [-0.15, -0.1) is 0 Å². The summed E-state index contributed by atoms with van der Waals surface area (Å²) < 4.78 is 5.71. The first-order chi connectivity index (χ1) is 10.3. The van der Waals surface area contributed by atoms with Gasteiger partial charge in [0.15, 0.2) is 5.76 Å². The molecule has 1 aromatic heterocycles. The largest absolute Gasteiger partial charge is 0.453 e. The molecule has 0 bridgehead atoms. The highest BCUT2D eigenvalue weighted by Crippen LogP contribution is 2.25. The van der Waals surface area contributed by atoms with Crippen LogP contribution in [0.3, 0.4) is 0 Å². The molecular weight excluding hydrogens is 262 g/mol. The van der Waals surface area contributed by atoms with Gasteiger partial charge in [0.1, 0.15) is 5.58 Å². The first-order valence-corrected chi connectivity index (χ1v) is 7.18. The molecule has 0 aliphatic carbocycles. The zero-order valence-corrected chi connectivity index (χ0v) is 11.6. The minimum atomic E-state index is -0.0232. The molecule has 0 fully saturated rings. The molecule has 3 aromatic rings. The molecule has 0 amide bonds. The van der Waals surface area contributed by atoms with Gasteiger partial charge in [-0.05, 0) is 36.2 Å². The average molecular weight is 277 g/mol. The molecular formula is C18H15NO2. The summed E-state index contributed by atoms with van der Waals surface area (Å²) in [7, 11) is 0. The van der Waals surface area contributed by atoms with Gasteiger partial charge in [0, 0.05) is 17.5 Å². The van der Waals surface area contributed by atoms with E-state index in [0.29, 0.717) is 5.76 Å². The van der Waals surface area contributed by atoms with Crippen LogP contribution in [0.5, 0.6) is 0 Å². The van der Waals surface area contributed by atoms with E-state index in [4.69, 9.17) is 4.42 Å². The van der Waals surface area contributed by atoms with E-state index < -0.39 is 0 Å². The molecule has 104 valence electrons. The van der Waals surface area contributed by atoms with Gasteiger partial charge in [-0.2, -0.15) is 0 Å². The van der Waals surface area contributed by atoms with E-state index in [1.807, 2.05) is 42.5 Å². The van der Waals surface area contributed by atoms with Crippen molar-refractivity contribution in [2.45, 2.75) is 13.0 Å². The molecule has 4 rings (SSSR count). The first-order valence-electron chi connectivity index (χ1n) is 7.18. The summed E-state index contributed by atoms with van der Waals surface area (Å²) in [6, 6.07) is 15.5. The van der Waals surface area contributed by atoms with Crippen LogP contribution in [0.1, 0.15) is 27.2 Å². The number of para-hydroxylation sites is 1. The van der Waals surface area contributed by atoms with Crippen molar-refractivity contribution in [3.05, 3.63) is 71.0 Å². The minimum Gasteiger partial charge on any atom is -0.453 e. The average Bonchev–Trinajstić information content (AvgIpc) is 2.97. The van der Waals surface area contributed by atoms with Crippen molar-refractivity contribution in [1.29, 1.82) is 0 Å². The number of ketones is 1. The van der Waals surface area contributed by atoms with Crippen LogP contribution in [0.2, 0.25) is 0 Å². The van der Waals surface area contributed by atoms with E-state index in [9.17, 15) is 4.79 Å². The number of hydrogen-bond donors (Lipinski definition) is 1. The highest BCUT2D eigenvalue weighted by atomic mass is 16.3. The maximum Gasteiger partial charge on any atom is 0.228 e. The molecule has 3 heteroatoms. The summed E-state index contributed by atoms with van der Waals surface area (Å²) in [5.41, 5.74) is 3.89. The van der Waals surface area contributed by atoms with Gasteiger partial charge >= 0.3 is 0 Å². The van der Waals surface area contributed by atoms with E-state index >= 15 is 0 Å². The third kappa shape index (κ3) is 2.06. The number of benzene rings is 2.